The lowest BCUT2D eigenvalue weighted by Crippen LogP contribution is -2.66. The van der Waals surface area contributed by atoms with E-state index in [1.807, 2.05) is 13.8 Å². The lowest BCUT2D eigenvalue weighted by atomic mass is 9.42. The summed E-state index contributed by atoms with van der Waals surface area (Å²) < 4.78 is 17.6. The van der Waals surface area contributed by atoms with Crippen LogP contribution in [0.2, 0.25) is 0 Å². The summed E-state index contributed by atoms with van der Waals surface area (Å²) in [6, 6.07) is 0. The smallest absolute Gasteiger partial charge is 0.306 e. The summed E-state index contributed by atoms with van der Waals surface area (Å²) in [6.45, 7) is 13.2. The molecule has 4 rings (SSSR count). The Morgan fingerprint density at radius 3 is 2.15 bits per heavy atom. The van der Waals surface area contributed by atoms with Gasteiger partial charge >= 0.3 is 17.9 Å². The minimum absolute atomic E-state index is 0.00674. The molecule has 4 aliphatic carbocycles. The summed E-state index contributed by atoms with van der Waals surface area (Å²) in [6.07, 6.45) is 2.98. The number of aliphatic hydroxyl groups is 2. The molecule has 8 heteroatoms. The van der Waals surface area contributed by atoms with Crippen molar-refractivity contribution in [3.63, 3.8) is 0 Å². The zero-order chi connectivity index (χ0) is 28.9. The van der Waals surface area contributed by atoms with E-state index >= 15 is 0 Å². The molecule has 4 saturated carbocycles. The SMILES string of the molecule is CC(=O)O[C@H]1CC2C([C@H](OC(C)=O)C[C@@H]3CC(O)C[C@@H](O)[C@]23C)[C@@H]2CC[C@H]([C@H](C)CCC(=O)OC(C)C)[C@@]12C. The standard InChI is InChI=1S/C31H50O8/c1-16(2)37-28(36)11-8-17(3)22-9-10-23-29-24(15-27(31(22,23)7)39-19(5)33)30(6)20(12-21(34)14-26(30)35)13-25(29)38-18(4)32/h16-17,20-27,29,34-35H,8-15H2,1-7H3/t17-,20+,21?,22-,23+,24?,25-,26-,27+,29?,30+,31-/m1/s1. The molecule has 0 bridgehead atoms. The average molecular weight is 551 g/mol. The Balaban J connectivity index is 1.69. The van der Waals surface area contributed by atoms with E-state index in [0.29, 0.717) is 38.5 Å². The van der Waals surface area contributed by atoms with Gasteiger partial charge in [0.1, 0.15) is 12.2 Å². The monoisotopic (exact) mass is 550 g/mol. The minimum atomic E-state index is -0.678. The predicted molar refractivity (Wildman–Crippen MR) is 144 cm³/mol. The molecular formula is C31H50O8. The van der Waals surface area contributed by atoms with Crippen molar-refractivity contribution in [1.29, 1.82) is 0 Å². The molecule has 0 aliphatic heterocycles. The van der Waals surface area contributed by atoms with Crippen LogP contribution in [0.5, 0.6) is 0 Å². The second kappa shape index (κ2) is 11.3. The number of hydrogen-bond acceptors (Lipinski definition) is 8. The van der Waals surface area contributed by atoms with Gasteiger partial charge in [-0.25, -0.2) is 0 Å². The van der Waals surface area contributed by atoms with Crippen molar-refractivity contribution in [2.75, 3.05) is 0 Å². The van der Waals surface area contributed by atoms with E-state index in [1.54, 1.807) is 0 Å². The molecule has 39 heavy (non-hydrogen) atoms. The summed E-state index contributed by atoms with van der Waals surface area (Å²) in [7, 11) is 0. The van der Waals surface area contributed by atoms with Crippen molar-refractivity contribution in [3.05, 3.63) is 0 Å². The molecule has 0 heterocycles. The maximum atomic E-state index is 12.4. The van der Waals surface area contributed by atoms with Crippen molar-refractivity contribution >= 4 is 17.9 Å². The van der Waals surface area contributed by atoms with Crippen LogP contribution in [0.3, 0.4) is 0 Å². The van der Waals surface area contributed by atoms with Crippen LogP contribution in [0.25, 0.3) is 0 Å². The number of fused-ring (bicyclic) bond motifs is 5. The topological polar surface area (TPSA) is 119 Å². The molecular weight excluding hydrogens is 500 g/mol. The van der Waals surface area contributed by atoms with Gasteiger partial charge in [0.25, 0.3) is 0 Å². The van der Waals surface area contributed by atoms with E-state index in [0.717, 1.165) is 12.8 Å². The number of aliphatic hydroxyl groups excluding tert-OH is 2. The Kier molecular flexibility index (Phi) is 8.78. The van der Waals surface area contributed by atoms with E-state index < -0.39 is 17.6 Å². The molecule has 0 amide bonds. The van der Waals surface area contributed by atoms with E-state index in [4.69, 9.17) is 14.2 Å². The summed E-state index contributed by atoms with van der Waals surface area (Å²) in [5.41, 5.74) is -0.820. The van der Waals surface area contributed by atoms with Gasteiger partial charge < -0.3 is 24.4 Å². The predicted octanol–water partition coefficient (Wildman–Crippen LogP) is 4.43. The Bertz CT molecular complexity index is 934. The second-order valence-electron chi connectivity index (χ2n) is 13.8. The van der Waals surface area contributed by atoms with Gasteiger partial charge in [-0.2, -0.15) is 0 Å². The first-order valence-electron chi connectivity index (χ1n) is 15.1. The molecule has 12 atom stereocenters. The van der Waals surface area contributed by atoms with Crippen LogP contribution >= 0.6 is 0 Å². The number of hydrogen-bond donors (Lipinski definition) is 2. The molecule has 0 aromatic carbocycles. The normalized spacial score (nSPS) is 44.0. The first-order valence-corrected chi connectivity index (χ1v) is 15.1. The van der Waals surface area contributed by atoms with Gasteiger partial charge in [0, 0.05) is 31.6 Å². The van der Waals surface area contributed by atoms with Gasteiger partial charge in [0.2, 0.25) is 0 Å². The van der Waals surface area contributed by atoms with E-state index in [-0.39, 0.29) is 77.1 Å². The van der Waals surface area contributed by atoms with Crippen LogP contribution in [-0.4, -0.2) is 58.6 Å². The Labute approximate surface area is 233 Å². The summed E-state index contributed by atoms with van der Waals surface area (Å²) in [5, 5.41) is 21.9. The van der Waals surface area contributed by atoms with Crippen molar-refractivity contribution in [1.82, 2.24) is 0 Å². The largest absolute Gasteiger partial charge is 0.463 e. The number of ether oxygens (including phenoxy) is 3. The summed E-state index contributed by atoms with van der Waals surface area (Å²) in [4.78, 5) is 37.1. The summed E-state index contributed by atoms with van der Waals surface area (Å²) in [5.74, 6) is -0.221. The number of rotatable bonds is 7. The molecule has 0 aromatic heterocycles. The second-order valence-corrected chi connectivity index (χ2v) is 13.8. The fourth-order valence-corrected chi connectivity index (χ4v) is 9.73. The molecule has 0 aromatic rings. The molecule has 8 nitrogen and oxygen atoms in total. The number of carbonyl (C=O) groups is 3. The van der Waals surface area contributed by atoms with Gasteiger partial charge in [0.15, 0.2) is 0 Å². The zero-order valence-corrected chi connectivity index (χ0v) is 24.9. The maximum Gasteiger partial charge on any atom is 0.306 e. The van der Waals surface area contributed by atoms with Crippen molar-refractivity contribution in [2.45, 2.75) is 130 Å². The molecule has 0 spiro atoms. The summed E-state index contributed by atoms with van der Waals surface area (Å²) >= 11 is 0. The highest BCUT2D eigenvalue weighted by molar-refractivity contribution is 5.69. The number of carbonyl (C=O) groups excluding carboxylic acids is 3. The highest BCUT2D eigenvalue weighted by Crippen LogP contribution is 2.69. The van der Waals surface area contributed by atoms with Crippen molar-refractivity contribution in [3.8, 4) is 0 Å². The van der Waals surface area contributed by atoms with Crippen LogP contribution in [0.1, 0.15) is 99.8 Å². The minimum Gasteiger partial charge on any atom is -0.463 e. The maximum absolute atomic E-state index is 12.4. The van der Waals surface area contributed by atoms with Gasteiger partial charge in [-0.3, -0.25) is 14.4 Å². The Hall–Kier alpha value is -1.67. The molecule has 3 unspecified atom stereocenters. The molecule has 4 aliphatic rings. The van der Waals surface area contributed by atoms with E-state index in [1.165, 1.54) is 13.8 Å². The first kappa shape index (κ1) is 30.3. The van der Waals surface area contributed by atoms with E-state index in [2.05, 4.69) is 20.8 Å². The zero-order valence-electron chi connectivity index (χ0n) is 24.9. The van der Waals surface area contributed by atoms with Crippen molar-refractivity contribution in [2.24, 2.45) is 46.3 Å². The third-order valence-electron chi connectivity index (χ3n) is 11.4. The van der Waals surface area contributed by atoms with Gasteiger partial charge in [0.05, 0.1) is 18.3 Å². The third-order valence-corrected chi connectivity index (χ3v) is 11.4. The first-order chi connectivity index (χ1) is 18.2. The Morgan fingerprint density at radius 2 is 1.54 bits per heavy atom. The molecule has 0 radical (unpaired) electrons. The van der Waals surface area contributed by atoms with Gasteiger partial charge in [-0.05, 0) is 93.8 Å². The van der Waals surface area contributed by atoms with Crippen LogP contribution in [0.4, 0.5) is 0 Å². The average Bonchev–Trinajstić information content (AvgIpc) is 3.17. The highest BCUT2D eigenvalue weighted by Gasteiger charge is 2.69. The van der Waals surface area contributed by atoms with Crippen LogP contribution in [0.15, 0.2) is 0 Å². The quantitative estimate of drug-likeness (QED) is 0.353. The molecule has 4 fully saturated rings. The van der Waals surface area contributed by atoms with Gasteiger partial charge in [-0.15, -0.1) is 0 Å². The van der Waals surface area contributed by atoms with Gasteiger partial charge in [-0.1, -0.05) is 20.8 Å². The van der Waals surface area contributed by atoms with Crippen molar-refractivity contribution < 1.29 is 38.8 Å². The lowest BCUT2D eigenvalue weighted by molar-refractivity contribution is -0.243. The fourth-order valence-electron chi connectivity index (χ4n) is 9.73. The molecule has 2 N–H and O–H groups in total. The fraction of sp³-hybridized carbons (Fsp3) is 0.903. The van der Waals surface area contributed by atoms with Crippen LogP contribution in [-0.2, 0) is 28.6 Å². The lowest BCUT2D eigenvalue weighted by Gasteiger charge is -2.65. The van der Waals surface area contributed by atoms with Crippen LogP contribution < -0.4 is 0 Å². The third kappa shape index (κ3) is 5.49. The Morgan fingerprint density at radius 1 is 0.872 bits per heavy atom. The molecule has 222 valence electrons. The highest BCUT2D eigenvalue weighted by atomic mass is 16.6. The molecule has 0 saturated heterocycles. The van der Waals surface area contributed by atoms with E-state index in [9.17, 15) is 24.6 Å². The van der Waals surface area contributed by atoms with Crippen LogP contribution in [0, 0.1) is 46.3 Å². The number of esters is 3.